The number of carbonyl (C=O) groups excluding carboxylic acids is 1. The lowest BCUT2D eigenvalue weighted by molar-refractivity contribution is -0.140. The van der Waals surface area contributed by atoms with Gasteiger partial charge in [-0.2, -0.15) is 4.39 Å². The van der Waals surface area contributed by atoms with Gasteiger partial charge in [-0.1, -0.05) is 48.5 Å². The summed E-state index contributed by atoms with van der Waals surface area (Å²) < 4.78 is 46.6. The van der Waals surface area contributed by atoms with Crippen molar-refractivity contribution in [1.82, 2.24) is 0 Å². The van der Waals surface area contributed by atoms with Crippen LogP contribution >= 0.6 is 11.3 Å². The first-order valence-corrected chi connectivity index (χ1v) is 12.6. The summed E-state index contributed by atoms with van der Waals surface area (Å²) in [5.74, 6) is -2.38. The van der Waals surface area contributed by atoms with Gasteiger partial charge in [-0.05, 0) is 54.2 Å². The van der Waals surface area contributed by atoms with Crippen LogP contribution in [-0.4, -0.2) is 17.2 Å². The van der Waals surface area contributed by atoms with Crippen LogP contribution in [0.3, 0.4) is 0 Å². The van der Waals surface area contributed by atoms with Crippen molar-refractivity contribution >= 4 is 29.1 Å². The summed E-state index contributed by atoms with van der Waals surface area (Å²) in [6, 6.07) is 18.9. The summed E-state index contributed by atoms with van der Waals surface area (Å²) >= 11 is 0.851. The summed E-state index contributed by atoms with van der Waals surface area (Å²) in [6.07, 6.45) is -0.635. The van der Waals surface area contributed by atoms with Crippen LogP contribution in [0.4, 0.5) is 23.7 Å². The summed E-state index contributed by atoms with van der Waals surface area (Å²) in [4.78, 5) is 24.5. The minimum absolute atomic E-state index is 0.0113. The molecular weight excluding hydrogens is 515 g/mol. The molecule has 0 saturated heterocycles. The van der Waals surface area contributed by atoms with E-state index in [-0.39, 0.29) is 11.3 Å². The summed E-state index contributed by atoms with van der Waals surface area (Å²) in [7, 11) is 0. The molecule has 38 heavy (non-hydrogen) atoms. The Kier molecular flexibility index (Phi) is 6.71. The number of rotatable bonds is 7. The molecule has 9 heteroatoms. The topological polar surface area (TPSA) is 75.6 Å². The number of hydrogen-bond donors (Lipinski definition) is 2. The number of carbonyl (C=O) groups is 2. The third-order valence-corrected chi connectivity index (χ3v) is 7.67. The maximum Gasteiger partial charge on any atom is 0.412 e. The first-order chi connectivity index (χ1) is 18.2. The van der Waals surface area contributed by atoms with Crippen LogP contribution in [0.25, 0.3) is 21.6 Å². The van der Waals surface area contributed by atoms with E-state index in [9.17, 15) is 27.9 Å². The highest BCUT2D eigenvalue weighted by Crippen LogP contribution is 2.48. The van der Waals surface area contributed by atoms with Crippen LogP contribution in [0, 0.1) is 16.8 Å². The molecule has 1 saturated carbocycles. The number of nitrogens with one attached hydrogen (secondary N) is 1. The number of benzene rings is 3. The standard InChI is InChI=1S/C29H22F3NO4S/c1-16(22-11-10-21(30)14-23(22)31)37-28(36)33-24-15-25(32)38-26(24)19-4-2-17(3-5-19)18-6-8-20(9-7-18)29(12-13-29)27(34)35/h2-11,14-16H,12-13H2,1H3,(H,33,36)(H,34,35). The number of anilines is 1. The van der Waals surface area contributed by atoms with Gasteiger partial charge in [0.05, 0.1) is 16.0 Å². The molecule has 1 unspecified atom stereocenters. The maximum atomic E-state index is 14.2. The lowest BCUT2D eigenvalue weighted by Crippen LogP contribution is -2.19. The highest BCUT2D eigenvalue weighted by atomic mass is 32.1. The normalized spacial score (nSPS) is 14.5. The SMILES string of the molecule is CC(OC(=O)Nc1cc(F)sc1-c1ccc(-c2ccc(C3(C(=O)O)CC3)cc2)cc1)c1ccc(F)cc1F. The van der Waals surface area contributed by atoms with Crippen molar-refractivity contribution < 1.29 is 32.6 Å². The molecule has 5 nitrogen and oxygen atoms in total. The number of aliphatic carboxylic acids is 1. The van der Waals surface area contributed by atoms with Crippen LogP contribution in [0.15, 0.2) is 72.8 Å². The number of thiophene rings is 1. The van der Waals surface area contributed by atoms with E-state index in [1.807, 2.05) is 36.4 Å². The quantitative estimate of drug-likeness (QED) is 0.251. The van der Waals surface area contributed by atoms with Crippen molar-refractivity contribution in [2.75, 3.05) is 5.32 Å². The molecule has 5 rings (SSSR count). The predicted molar refractivity (Wildman–Crippen MR) is 139 cm³/mol. The zero-order valence-corrected chi connectivity index (χ0v) is 21.0. The van der Waals surface area contributed by atoms with Gasteiger partial charge in [-0.15, -0.1) is 11.3 Å². The molecule has 1 fully saturated rings. The first-order valence-electron chi connectivity index (χ1n) is 11.8. The first kappa shape index (κ1) is 25.5. The van der Waals surface area contributed by atoms with E-state index in [2.05, 4.69) is 5.32 Å². The van der Waals surface area contributed by atoms with Crippen LogP contribution < -0.4 is 5.32 Å². The minimum Gasteiger partial charge on any atom is -0.481 e. The van der Waals surface area contributed by atoms with Crippen molar-refractivity contribution in [3.8, 4) is 21.6 Å². The van der Waals surface area contributed by atoms with Crippen LogP contribution in [0.2, 0.25) is 0 Å². The molecule has 0 bridgehead atoms. The van der Waals surface area contributed by atoms with Gasteiger partial charge in [0.25, 0.3) is 0 Å². The average Bonchev–Trinajstić information content (AvgIpc) is 3.62. The van der Waals surface area contributed by atoms with Gasteiger partial charge >= 0.3 is 12.1 Å². The number of hydrogen-bond acceptors (Lipinski definition) is 4. The fourth-order valence-corrected chi connectivity index (χ4v) is 5.26. The van der Waals surface area contributed by atoms with Crippen molar-refractivity contribution in [2.45, 2.75) is 31.3 Å². The Hall–Kier alpha value is -4.11. The Morgan fingerprint density at radius 1 is 0.921 bits per heavy atom. The van der Waals surface area contributed by atoms with E-state index in [0.29, 0.717) is 29.3 Å². The number of carboxylic acid groups (broad SMARTS) is 1. The van der Waals surface area contributed by atoms with E-state index < -0.39 is 40.3 Å². The van der Waals surface area contributed by atoms with E-state index in [1.165, 1.54) is 19.1 Å². The number of amides is 1. The Morgan fingerprint density at radius 3 is 2.11 bits per heavy atom. The molecule has 1 amide bonds. The monoisotopic (exact) mass is 537 g/mol. The van der Waals surface area contributed by atoms with Crippen LogP contribution in [0.1, 0.15) is 37.0 Å². The lowest BCUT2D eigenvalue weighted by atomic mass is 9.93. The molecule has 0 aliphatic heterocycles. The molecule has 1 aliphatic carbocycles. The molecule has 2 N–H and O–H groups in total. The fraction of sp³-hybridized carbons (Fsp3) is 0.172. The highest BCUT2D eigenvalue weighted by Gasteiger charge is 2.51. The van der Waals surface area contributed by atoms with E-state index in [1.54, 1.807) is 12.1 Å². The third kappa shape index (κ3) is 5.02. The van der Waals surface area contributed by atoms with Gasteiger partial charge in [-0.3, -0.25) is 10.1 Å². The molecule has 4 aromatic rings. The van der Waals surface area contributed by atoms with Crippen molar-refractivity contribution in [3.63, 3.8) is 0 Å². The second-order valence-electron chi connectivity index (χ2n) is 9.17. The number of carboxylic acids is 1. The summed E-state index contributed by atoms with van der Waals surface area (Å²) in [5.41, 5.74) is 2.70. The molecule has 1 aromatic heterocycles. The van der Waals surface area contributed by atoms with Gasteiger partial charge in [0.1, 0.15) is 17.7 Å². The van der Waals surface area contributed by atoms with Gasteiger partial charge in [0.2, 0.25) is 0 Å². The Bertz CT molecular complexity index is 1510. The van der Waals surface area contributed by atoms with E-state index in [4.69, 9.17) is 4.74 Å². The maximum absolute atomic E-state index is 14.2. The summed E-state index contributed by atoms with van der Waals surface area (Å²) in [6.45, 7) is 1.45. The molecule has 0 radical (unpaired) electrons. The Morgan fingerprint density at radius 2 is 1.53 bits per heavy atom. The van der Waals surface area contributed by atoms with Crippen molar-refractivity contribution in [3.05, 3.63) is 101 Å². The van der Waals surface area contributed by atoms with Crippen LogP contribution in [0.5, 0.6) is 0 Å². The van der Waals surface area contributed by atoms with Crippen molar-refractivity contribution in [1.29, 1.82) is 0 Å². The zero-order chi connectivity index (χ0) is 27.0. The largest absolute Gasteiger partial charge is 0.481 e. The molecule has 194 valence electrons. The Labute approximate surface area is 220 Å². The second-order valence-corrected chi connectivity index (χ2v) is 10.2. The van der Waals surface area contributed by atoms with Crippen molar-refractivity contribution in [2.24, 2.45) is 0 Å². The average molecular weight is 538 g/mol. The fourth-order valence-electron chi connectivity index (χ4n) is 4.41. The zero-order valence-electron chi connectivity index (χ0n) is 20.1. The molecular formula is C29H22F3NO4S. The van der Waals surface area contributed by atoms with Gasteiger partial charge < -0.3 is 9.84 Å². The molecule has 3 aromatic carbocycles. The minimum atomic E-state index is -1.00. The molecule has 1 atom stereocenters. The Balaban J connectivity index is 1.30. The lowest BCUT2D eigenvalue weighted by Gasteiger charge is -2.15. The molecule has 1 aliphatic rings. The second kappa shape index (κ2) is 9.98. The molecule has 0 spiro atoms. The predicted octanol–water partition coefficient (Wildman–Crippen LogP) is 7.93. The smallest absolute Gasteiger partial charge is 0.412 e. The number of halogens is 3. The van der Waals surface area contributed by atoms with Crippen LogP contribution in [-0.2, 0) is 14.9 Å². The number of ether oxygens (including phenoxy) is 1. The molecule has 1 heterocycles. The van der Waals surface area contributed by atoms with E-state index >= 15 is 0 Å². The third-order valence-electron chi connectivity index (χ3n) is 6.70. The van der Waals surface area contributed by atoms with Gasteiger partial charge in [0.15, 0.2) is 5.13 Å². The van der Waals surface area contributed by atoms with E-state index in [0.717, 1.165) is 34.1 Å². The van der Waals surface area contributed by atoms with Gasteiger partial charge in [0, 0.05) is 17.7 Å². The summed E-state index contributed by atoms with van der Waals surface area (Å²) in [5, 5.41) is 11.5. The van der Waals surface area contributed by atoms with Gasteiger partial charge in [-0.25, -0.2) is 13.6 Å². The highest BCUT2D eigenvalue weighted by molar-refractivity contribution is 7.14.